The summed E-state index contributed by atoms with van der Waals surface area (Å²) in [4.78, 5) is 0. The number of benzene rings is 1. The molecule has 0 aliphatic heterocycles. The minimum Gasteiger partial charge on any atom is -0.493 e. The molecule has 1 unspecified atom stereocenters. The largest absolute Gasteiger partial charge is 0.493 e. The van der Waals surface area contributed by atoms with Crippen molar-refractivity contribution in [2.24, 2.45) is 5.73 Å². The lowest BCUT2D eigenvalue weighted by atomic mass is 9.99. The highest BCUT2D eigenvalue weighted by Crippen LogP contribution is 2.21. The zero-order valence-electron chi connectivity index (χ0n) is 11.0. The van der Waals surface area contributed by atoms with Crippen molar-refractivity contribution in [1.82, 2.24) is 0 Å². The molecule has 0 saturated heterocycles. The molecular weight excluding hydrogens is 214 g/mol. The van der Waals surface area contributed by atoms with Crippen molar-refractivity contribution in [2.75, 3.05) is 13.2 Å². The molecule has 0 aliphatic carbocycles. The number of hydrogen-bond acceptors (Lipinski definition) is 3. The Kier molecular flexibility index (Phi) is 4.97. The van der Waals surface area contributed by atoms with E-state index in [1.807, 2.05) is 19.1 Å². The average Bonchev–Trinajstić information content (AvgIpc) is 2.30. The van der Waals surface area contributed by atoms with E-state index in [0.29, 0.717) is 6.61 Å². The molecule has 0 aromatic heterocycles. The summed E-state index contributed by atoms with van der Waals surface area (Å²) >= 11 is 0. The Morgan fingerprint density at radius 1 is 1.35 bits per heavy atom. The maximum absolute atomic E-state index is 9.03. The second-order valence-corrected chi connectivity index (χ2v) is 4.96. The van der Waals surface area contributed by atoms with Gasteiger partial charge in [0, 0.05) is 5.54 Å². The Morgan fingerprint density at radius 2 is 2.06 bits per heavy atom. The minimum atomic E-state index is -0.495. The molecule has 1 rings (SSSR count). The third kappa shape index (κ3) is 4.36. The normalized spacial score (nSPS) is 14.4. The van der Waals surface area contributed by atoms with E-state index in [2.05, 4.69) is 19.9 Å². The Morgan fingerprint density at radius 3 is 2.71 bits per heavy atom. The van der Waals surface area contributed by atoms with E-state index >= 15 is 0 Å². The van der Waals surface area contributed by atoms with Crippen LogP contribution in [0.1, 0.15) is 30.9 Å². The number of hydrogen-bond donors (Lipinski definition) is 2. The zero-order chi connectivity index (χ0) is 12.9. The fourth-order valence-electron chi connectivity index (χ4n) is 1.62. The highest BCUT2D eigenvalue weighted by molar-refractivity contribution is 5.38. The standard InChI is InChI=1S/C14H23NO2/c1-11-6-4-7-13(12(11)2)17-9-5-8-14(3,15)10-16/h4,6-7,16H,5,8-10,15H2,1-3H3. The molecule has 0 saturated carbocycles. The van der Waals surface area contributed by atoms with Gasteiger partial charge < -0.3 is 15.6 Å². The lowest BCUT2D eigenvalue weighted by Gasteiger charge is -2.21. The molecular formula is C14H23NO2. The number of rotatable bonds is 6. The molecule has 3 nitrogen and oxygen atoms in total. The molecule has 3 heteroatoms. The van der Waals surface area contributed by atoms with Gasteiger partial charge in [-0.15, -0.1) is 0 Å². The number of nitrogens with two attached hydrogens (primary N) is 1. The van der Waals surface area contributed by atoms with E-state index < -0.39 is 5.54 Å². The van der Waals surface area contributed by atoms with Crippen LogP contribution in [0, 0.1) is 13.8 Å². The van der Waals surface area contributed by atoms with Crippen molar-refractivity contribution in [3.63, 3.8) is 0 Å². The fourth-order valence-corrected chi connectivity index (χ4v) is 1.62. The van der Waals surface area contributed by atoms with Crippen molar-refractivity contribution in [3.8, 4) is 5.75 Å². The van der Waals surface area contributed by atoms with E-state index in [1.165, 1.54) is 11.1 Å². The lowest BCUT2D eigenvalue weighted by Crippen LogP contribution is -2.40. The second-order valence-electron chi connectivity index (χ2n) is 4.96. The molecule has 0 radical (unpaired) electrons. The summed E-state index contributed by atoms with van der Waals surface area (Å²) in [6.07, 6.45) is 1.61. The van der Waals surface area contributed by atoms with E-state index in [9.17, 15) is 0 Å². The monoisotopic (exact) mass is 237 g/mol. The van der Waals surface area contributed by atoms with Crippen LogP contribution in [-0.4, -0.2) is 23.9 Å². The van der Waals surface area contributed by atoms with Gasteiger partial charge in [-0.1, -0.05) is 12.1 Å². The van der Waals surface area contributed by atoms with E-state index in [0.717, 1.165) is 18.6 Å². The summed E-state index contributed by atoms with van der Waals surface area (Å²) in [5.74, 6) is 0.938. The minimum absolute atomic E-state index is 0.0104. The molecule has 1 atom stereocenters. The summed E-state index contributed by atoms with van der Waals surface area (Å²) in [7, 11) is 0. The van der Waals surface area contributed by atoms with Crippen LogP contribution < -0.4 is 10.5 Å². The van der Waals surface area contributed by atoms with Crippen molar-refractivity contribution in [3.05, 3.63) is 29.3 Å². The van der Waals surface area contributed by atoms with E-state index in [-0.39, 0.29) is 6.61 Å². The summed E-state index contributed by atoms with van der Waals surface area (Å²) in [6.45, 7) is 6.63. The van der Waals surface area contributed by atoms with Crippen LogP contribution in [-0.2, 0) is 0 Å². The summed E-state index contributed by atoms with van der Waals surface area (Å²) in [5.41, 5.74) is 7.77. The molecule has 0 heterocycles. The van der Waals surface area contributed by atoms with Gasteiger partial charge in [-0.3, -0.25) is 0 Å². The van der Waals surface area contributed by atoms with E-state index in [1.54, 1.807) is 0 Å². The van der Waals surface area contributed by atoms with Crippen molar-refractivity contribution >= 4 is 0 Å². The maximum atomic E-state index is 9.03. The molecule has 1 aromatic carbocycles. The smallest absolute Gasteiger partial charge is 0.122 e. The van der Waals surface area contributed by atoms with Gasteiger partial charge in [0.2, 0.25) is 0 Å². The predicted octanol–water partition coefficient (Wildman–Crippen LogP) is 2.17. The van der Waals surface area contributed by atoms with Gasteiger partial charge in [-0.2, -0.15) is 0 Å². The topological polar surface area (TPSA) is 55.5 Å². The van der Waals surface area contributed by atoms with Crippen LogP contribution in [0.15, 0.2) is 18.2 Å². The van der Waals surface area contributed by atoms with Crippen LogP contribution in [0.5, 0.6) is 5.75 Å². The molecule has 0 bridgehead atoms. The van der Waals surface area contributed by atoms with Crippen LogP contribution in [0.25, 0.3) is 0 Å². The molecule has 0 aliphatic rings. The number of ether oxygens (including phenoxy) is 1. The number of aliphatic hydroxyl groups is 1. The van der Waals surface area contributed by atoms with Gasteiger partial charge in [-0.05, 0) is 50.8 Å². The third-order valence-electron chi connectivity index (χ3n) is 3.07. The Labute approximate surface area is 104 Å². The summed E-state index contributed by atoms with van der Waals surface area (Å²) in [6, 6.07) is 6.05. The van der Waals surface area contributed by atoms with Crippen molar-refractivity contribution in [2.45, 2.75) is 39.2 Å². The first-order chi connectivity index (χ1) is 7.96. The molecule has 96 valence electrons. The van der Waals surface area contributed by atoms with Gasteiger partial charge in [0.1, 0.15) is 5.75 Å². The first-order valence-electron chi connectivity index (χ1n) is 6.05. The van der Waals surface area contributed by atoms with Crippen LogP contribution >= 0.6 is 0 Å². The highest BCUT2D eigenvalue weighted by atomic mass is 16.5. The van der Waals surface area contributed by atoms with Crippen molar-refractivity contribution in [1.29, 1.82) is 0 Å². The van der Waals surface area contributed by atoms with Gasteiger partial charge in [0.05, 0.1) is 13.2 Å². The van der Waals surface area contributed by atoms with Gasteiger partial charge in [-0.25, -0.2) is 0 Å². The van der Waals surface area contributed by atoms with Gasteiger partial charge >= 0.3 is 0 Å². The van der Waals surface area contributed by atoms with Gasteiger partial charge in [0.25, 0.3) is 0 Å². The summed E-state index contributed by atoms with van der Waals surface area (Å²) < 4.78 is 5.72. The van der Waals surface area contributed by atoms with Crippen LogP contribution in [0.3, 0.4) is 0 Å². The number of aryl methyl sites for hydroxylation is 1. The SMILES string of the molecule is Cc1cccc(OCCCC(C)(N)CO)c1C. The fraction of sp³-hybridized carbons (Fsp3) is 0.571. The number of aliphatic hydroxyl groups excluding tert-OH is 1. The Bertz CT molecular complexity index is 361. The molecule has 3 N–H and O–H groups in total. The molecule has 0 fully saturated rings. The van der Waals surface area contributed by atoms with Crippen molar-refractivity contribution < 1.29 is 9.84 Å². The first kappa shape index (κ1) is 14.0. The second kappa shape index (κ2) is 6.03. The average molecular weight is 237 g/mol. The zero-order valence-corrected chi connectivity index (χ0v) is 11.0. The Hall–Kier alpha value is -1.06. The van der Waals surface area contributed by atoms with E-state index in [4.69, 9.17) is 15.6 Å². The quantitative estimate of drug-likeness (QED) is 0.746. The van der Waals surface area contributed by atoms with Crippen LogP contribution in [0.2, 0.25) is 0 Å². The summed E-state index contributed by atoms with van der Waals surface area (Å²) in [5, 5.41) is 9.03. The Balaban J connectivity index is 2.39. The molecule has 17 heavy (non-hydrogen) atoms. The maximum Gasteiger partial charge on any atom is 0.122 e. The lowest BCUT2D eigenvalue weighted by molar-refractivity contribution is 0.188. The molecule has 0 spiro atoms. The highest BCUT2D eigenvalue weighted by Gasteiger charge is 2.16. The molecule has 0 amide bonds. The molecule has 1 aromatic rings. The predicted molar refractivity (Wildman–Crippen MR) is 70.3 cm³/mol. The van der Waals surface area contributed by atoms with Gasteiger partial charge in [0.15, 0.2) is 0 Å². The van der Waals surface area contributed by atoms with Crippen LogP contribution in [0.4, 0.5) is 0 Å². The third-order valence-corrected chi connectivity index (χ3v) is 3.07. The first-order valence-corrected chi connectivity index (χ1v) is 6.05.